The Kier molecular flexibility index (Phi) is 6.99. The summed E-state index contributed by atoms with van der Waals surface area (Å²) in [5, 5.41) is 11.2. The van der Waals surface area contributed by atoms with E-state index in [4.69, 9.17) is 0 Å². The van der Waals surface area contributed by atoms with Crippen molar-refractivity contribution in [1.82, 2.24) is 25.4 Å². The van der Waals surface area contributed by atoms with Crippen LogP contribution >= 0.6 is 0 Å². The number of fused-ring (bicyclic) bond motifs is 1. The summed E-state index contributed by atoms with van der Waals surface area (Å²) < 4.78 is 40.7. The molecular weight excluding hydrogens is 393 g/mol. The van der Waals surface area contributed by atoms with Gasteiger partial charge in [-0.2, -0.15) is 18.3 Å². The smallest absolute Gasteiger partial charge is 0.356 e. The van der Waals surface area contributed by atoms with E-state index < -0.39 is 11.7 Å². The van der Waals surface area contributed by atoms with Gasteiger partial charge in [0.2, 0.25) is 0 Å². The maximum atomic E-state index is 12.9. The minimum absolute atomic E-state index is 0.00208. The van der Waals surface area contributed by atoms with Crippen LogP contribution in [0.15, 0.2) is 29.3 Å². The third kappa shape index (κ3) is 5.52. The van der Waals surface area contributed by atoms with Crippen LogP contribution in [0.4, 0.5) is 13.2 Å². The van der Waals surface area contributed by atoms with E-state index in [9.17, 15) is 13.2 Å². The highest BCUT2D eigenvalue weighted by atomic mass is 19.4. The van der Waals surface area contributed by atoms with Crippen LogP contribution in [0.25, 0.3) is 0 Å². The van der Waals surface area contributed by atoms with Crippen molar-refractivity contribution in [1.29, 1.82) is 0 Å². The summed E-state index contributed by atoms with van der Waals surface area (Å²) in [6.45, 7) is 5.33. The Labute approximate surface area is 175 Å². The summed E-state index contributed by atoms with van der Waals surface area (Å²) >= 11 is 0. The molecule has 0 fully saturated rings. The third-order valence-corrected chi connectivity index (χ3v) is 5.44. The quantitative estimate of drug-likeness (QED) is 0.552. The van der Waals surface area contributed by atoms with Gasteiger partial charge < -0.3 is 10.6 Å². The van der Waals surface area contributed by atoms with E-state index in [1.165, 1.54) is 12.1 Å². The van der Waals surface area contributed by atoms with Crippen LogP contribution in [0, 0.1) is 0 Å². The second kappa shape index (κ2) is 9.49. The number of aryl methyl sites for hydroxylation is 2. The largest absolute Gasteiger partial charge is 0.416 e. The molecule has 1 aromatic heterocycles. The highest BCUT2D eigenvalue weighted by Gasteiger charge is 2.30. The van der Waals surface area contributed by atoms with Gasteiger partial charge in [-0.05, 0) is 30.4 Å². The Bertz CT molecular complexity index is 874. The highest BCUT2D eigenvalue weighted by molar-refractivity contribution is 5.79. The average Bonchev–Trinajstić information content (AvgIpc) is 3.15. The van der Waals surface area contributed by atoms with Gasteiger partial charge in [-0.25, -0.2) is 9.67 Å². The van der Waals surface area contributed by atoms with Crippen LogP contribution in [0.3, 0.4) is 0 Å². The fourth-order valence-electron chi connectivity index (χ4n) is 3.61. The number of alkyl halides is 3. The number of halogens is 3. The normalized spacial score (nSPS) is 18.1. The summed E-state index contributed by atoms with van der Waals surface area (Å²) in [5.41, 5.74) is 0.0839. The lowest BCUT2D eigenvalue weighted by Crippen LogP contribution is -2.47. The van der Waals surface area contributed by atoms with Crippen molar-refractivity contribution in [3.8, 4) is 0 Å². The van der Waals surface area contributed by atoms with Gasteiger partial charge in [0.25, 0.3) is 0 Å². The van der Waals surface area contributed by atoms with Crippen LogP contribution in [0.1, 0.15) is 55.4 Å². The Morgan fingerprint density at radius 1 is 1.37 bits per heavy atom. The van der Waals surface area contributed by atoms with E-state index in [1.807, 2.05) is 18.5 Å². The minimum atomic E-state index is -4.32. The zero-order chi connectivity index (χ0) is 21.7. The van der Waals surface area contributed by atoms with Crippen molar-refractivity contribution in [2.24, 2.45) is 4.99 Å². The lowest BCUT2D eigenvalue weighted by Gasteiger charge is -2.25. The van der Waals surface area contributed by atoms with Crippen LogP contribution < -0.4 is 10.6 Å². The standard InChI is InChI=1S/C21H29F3N6/c1-4-18-28-19-9-8-17(13-30(19)29-18)27-20(25-3)26-11-10-14(2)15-6-5-7-16(12-15)21(22,23)24/h5-7,12,14,17H,4,8-11,13H2,1-3H3,(H2,25,26,27). The van der Waals surface area contributed by atoms with Gasteiger partial charge in [0.05, 0.1) is 12.1 Å². The van der Waals surface area contributed by atoms with E-state index in [0.717, 1.165) is 43.5 Å². The van der Waals surface area contributed by atoms with Crippen LogP contribution in [0.5, 0.6) is 0 Å². The molecule has 0 spiro atoms. The zero-order valence-corrected chi connectivity index (χ0v) is 17.6. The van der Waals surface area contributed by atoms with Gasteiger partial charge in [-0.1, -0.05) is 32.0 Å². The fourth-order valence-corrected chi connectivity index (χ4v) is 3.61. The molecule has 1 aromatic carbocycles. The van der Waals surface area contributed by atoms with Gasteiger partial charge in [-0.15, -0.1) is 0 Å². The fraction of sp³-hybridized carbons (Fsp3) is 0.571. The molecule has 3 rings (SSSR count). The molecule has 9 heteroatoms. The third-order valence-electron chi connectivity index (χ3n) is 5.44. The van der Waals surface area contributed by atoms with Crippen molar-refractivity contribution in [3.63, 3.8) is 0 Å². The molecule has 2 N–H and O–H groups in total. The topological polar surface area (TPSA) is 67.1 Å². The number of hydrogen-bond donors (Lipinski definition) is 2. The minimum Gasteiger partial charge on any atom is -0.356 e. The molecule has 1 aliphatic rings. The van der Waals surface area contributed by atoms with Crippen molar-refractivity contribution < 1.29 is 13.2 Å². The Balaban J connectivity index is 1.49. The molecular formula is C21H29F3N6. The molecule has 0 amide bonds. The van der Waals surface area contributed by atoms with Crippen LogP contribution in [-0.4, -0.2) is 40.4 Å². The Morgan fingerprint density at radius 2 is 2.17 bits per heavy atom. The number of hydrogen-bond acceptors (Lipinski definition) is 3. The predicted molar refractivity (Wildman–Crippen MR) is 110 cm³/mol. The Hall–Kier alpha value is -2.58. The SMILES string of the molecule is CCc1nc2n(n1)CC(NC(=NC)NCCC(C)c1cccc(C(F)(F)F)c1)CC2. The number of nitrogens with one attached hydrogen (secondary N) is 2. The van der Waals surface area contributed by atoms with Crippen molar-refractivity contribution in [2.45, 2.75) is 64.2 Å². The summed E-state index contributed by atoms with van der Waals surface area (Å²) in [4.78, 5) is 8.81. The second-order valence-corrected chi connectivity index (χ2v) is 7.67. The maximum absolute atomic E-state index is 12.9. The van der Waals surface area contributed by atoms with Crippen molar-refractivity contribution >= 4 is 5.96 Å². The summed E-state index contributed by atoms with van der Waals surface area (Å²) in [5.74, 6) is 2.59. The summed E-state index contributed by atoms with van der Waals surface area (Å²) in [7, 11) is 1.71. The molecule has 6 nitrogen and oxygen atoms in total. The molecule has 0 aliphatic carbocycles. The maximum Gasteiger partial charge on any atom is 0.416 e. The van der Waals surface area contributed by atoms with Crippen LogP contribution in [-0.2, 0) is 25.6 Å². The molecule has 0 bridgehead atoms. The number of aliphatic imine (C=N–C) groups is 1. The first-order valence-electron chi connectivity index (χ1n) is 10.4. The van der Waals surface area contributed by atoms with Gasteiger partial charge in [0.1, 0.15) is 5.82 Å². The molecule has 0 saturated heterocycles. The highest BCUT2D eigenvalue weighted by Crippen LogP contribution is 2.31. The molecule has 2 atom stereocenters. The predicted octanol–water partition coefficient (Wildman–Crippen LogP) is 3.53. The number of nitrogens with zero attached hydrogens (tertiary/aromatic N) is 4. The number of guanidine groups is 1. The first kappa shape index (κ1) is 22.1. The summed E-state index contributed by atoms with van der Waals surface area (Å²) in [6.07, 6.45) is -0.982. The molecule has 2 aromatic rings. The zero-order valence-electron chi connectivity index (χ0n) is 17.6. The second-order valence-electron chi connectivity index (χ2n) is 7.67. The molecule has 2 heterocycles. The molecule has 0 saturated carbocycles. The first-order chi connectivity index (χ1) is 14.3. The Morgan fingerprint density at radius 3 is 2.87 bits per heavy atom. The average molecular weight is 422 g/mol. The van der Waals surface area contributed by atoms with E-state index in [2.05, 4.69) is 25.7 Å². The number of rotatable bonds is 6. The van der Waals surface area contributed by atoms with Gasteiger partial charge in [-0.3, -0.25) is 4.99 Å². The van der Waals surface area contributed by atoms with Crippen LogP contribution in [0.2, 0.25) is 0 Å². The summed E-state index contributed by atoms with van der Waals surface area (Å²) in [6, 6.07) is 5.76. The molecule has 164 valence electrons. The van der Waals surface area contributed by atoms with Gasteiger partial charge >= 0.3 is 6.18 Å². The van der Waals surface area contributed by atoms with Crippen molar-refractivity contribution in [3.05, 3.63) is 47.0 Å². The number of aromatic nitrogens is 3. The molecule has 30 heavy (non-hydrogen) atoms. The number of benzene rings is 1. The molecule has 2 unspecified atom stereocenters. The molecule has 0 radical (unpaired) electrons. The van der Waals surface area contributed by atoms with E-state index >= 15 is 0 Å². The van der Waals surface area contributed by atoms with Crippen molar-refractivity contribution in [2.75, 3.05) is 13.6 Å². The lowest BCUT2D eigenvalue weighted by molar-refractivity contribution is -0.137. The monoisotopic (exact) mass is 422 g/mol. The van der Waals surface area contributed by atoms with E-state index in [1.54, 1.807) is 13.1 Å². The van der Waals surface area contributed by atoms with E-state index in [-0.39, 0.29) is 12.0 Å². The molecule has 1 aliphatic heterocycles. The van der Waals surface area contributed by atoms with Gasteiger partial charge in [0, 0.05) is 32.5 Å². The van der Waals surface area contributed by atoms with E-state index in [0.29, 0.717) is 24.5 Å². The van der Waals surface area contributed by atoms with Gasteiger partial charge in [0.15, 0.2) is 11.8 Å². The first-order valence-corrected chi connectivity index (χ1v) is 10.4. The lowest BCUT2D eigenvalue weighted by atomic mass is 9.96.